The minimum atomic E-state index is -0.434. The first-order chi connectivity index (χ1) is 9.25. The van der Waals surface area contributed by atoms with Gasteiger partial charge in [0.05, 0.1) is 11.2 Å². The third-order valence-electron chi connectivity index (χ3n) is 3.89. The molecule has 0 atom stereocenters. The molecule has 1 N–H and O–H groups in total. The van der Waals surface area contributed by atoms with Gasteiger partial charge in [-0.15, -0.1) is 0 Å². The predicted octanol–water partition coefficient (Wildman–Crippen LogP) is 2.32. The van der Waals surface area contributed by atoms with E-state index in [2.05, 4.69) is 17.6 Å². The number of pyridine rings is 1. The van der Waals surface area contributed by atoms with Crippen LogP contribution in [0.4, 0.5) is 0 Å². The molecule has 0 unspecified atom stereocenters. The topological polar surface area (TPSA) is 51.3 Å². The highest BCUT2D eigenvalue weighted by atomic mass is 32.1. The molecule has 2 heterocycles. The van der Waals surface area contributed by atoms with Crippen LogP contribution in [-0.2, 0) is 9.31 Å². The molecule has 0 aliphatic carbocycles. The molecule has 0 radical (unpaired) electrons. The molecule has 6 heteroatoms. The van der Waals surface area contributed by atoms with Gasteiger partial charge in [0.1, 0.15) is 0 Å². The molecule has 0 aromatic carbocycles. The number of aromatic amines is 1. The first kappa shape index (κ1) is 15.4. The van der Waals surface area contributed by atoms with Gasteiger partial charge in [-0.05, 0) is 44.8 Å². The van der Waals surface area contributed by atoms with Crippen LogP contribution in [0.2, 0.25) is 0 Å². The van der Waals surface area contributed by atoms with Crippen molar-refractivity contribution in [2.45, 2.75) is 38.9 Å². The molecule has 1 aliphatic rings. The van der Waals surface area contributed by atoms with Crippen molar-refractivity contribution in [3.05, 3.63) is 39.7 Å². The van der Waals surface area contributed by atoms with Crippen LogP contribution in [0.3, 0.4) is 0 Å². The Morgan fingerprint density at radius 3 is 2.45 bits per heavy atom. The number of H-pyrrole nitrogens is 1. The zero-order valence-electron chi connectivity index (χ0n) is 12.3. The van der Waals surface area contributed by atoms with E-state index in [4.69, 9.17) is 9.31 Å². The number of aromatic nitrogens is 1. The van der Waals surface area contributed by atoms with Crippen LogP contribution >= 0.6 is 12.6 Å². The van der Waals surface area contributed by atoms with Crippen LogP contribution in [0.1, 0.15) is 33.3 Å². The number of hydrogen-bond donors (Lipinski definition) is 2. The molecule has 1 aromatic rings. The Morgan fingerprint density at radius 2 is 1.95 bits per heavy atom. The number of hydrogen-bond acceptors (Lipinski definition) is 4. The van der Waals surface area contributed by atoms with E-state index in [0.717, 1.165) is 11.0 Å². The van der Waals surface area contributed by atoms with Crippen molar-refractivity contribution < 1.29 is 9.31 Å². The van der Waals surface area contributed by atoms with Crippen molar-refractivity contribution in [2.75, 3.05) is 5.75 Å². The monoisotopic (exact) mass is 293 g/mol. The Hall–Kier alpha value is -0.975. The Morgan fingerprint density at radius 1 is 1.35 bits per heavy atom. The van der Waals surface area contributed by atoms with Gasteiger partial charge in [0.25, 0.3) is 0 Å². The SMILES string of the molecule is CC1(C)OB(C(=Cc2cc[nH]c(=O)c2)CS)OC1(C)C. The van der Waals surface area contributed by atoms with Gasteiger partial charge in [0, 0.05) is 18.0 Å². The van der Waals surface area contributed by atoms with Crippen molar-refractivity contribution in [3.8, 4) is 0 Å². The lowest BCUT2D eigenvalue weighted by Gasteiger charge is -2.32. The molecule has 0 amide bonds. The fourth-order valence-corrected chi connectivity index (χ4v) is 2.19. The van der Waals surface area contributed by atoms with Crippen LogP contribution in [0.5, 0.6) is 0 Å². The molecular weight excluding hydrogens is 273 g/mol. The average Bonchev–Trinajstić information content (AvgIpc) is 2.55. The van der Waals surface area contributed by atoms with Crippen LogP contribution in [-0.4, -0.2) is 29.1 Å². The summed E-state index contributed by atoms with van der Waals surface area (Å²) >= 11 is 4.35. The van der Waals surface area contributed by atoms with Crippen LogP contribution in [0.25, 0.3) is 6.08 Å². The second kappa shape index (κ2) is 5.43. The minimum absolute atomic E-state index is 0.133. The Bertz CT molecular complexity index is 564. The van der Waals surface area contributed by atoms with E-state index >= 15 is 0 Å². The lowest BCUT2D eigenvalue weighted by molar-refractivity contribution is 0.00578. The van der Waals surface area contributed by atoms with Crippen LogP contribution in [0.15, 0.2) is 28.6 Å². The lowest BCUT2D eigenvalue weighted by atomic mass is 9.78. The molecule has 20 heavy (non-hydrogen) atoms. The maximum absolute atomic E-state index is 11.3. The summed E-state index contributed by atoms with van der Waals surface area (Å²) in [7, 11) is -0.434. The van der Waals surface area contributed by atoms with Gasteiger partial charge in [0.15, 0.2) is 0 Å². The average molecular weight is 293 g/mol. The Balaban J connectivity index is 2.29. The highest BCUT2D eigenvalue weighted by Gasteiger charge is 2.52. The van der Waals surface area contributed by atoms with E-state index in [-0.39, 0.29) is 16.8 Å². The molecule has 1 fully saturated rings. The summed E-state index contributed by atoms with van der Waals surface area (Å²) in [5.41, 5.74) is 0.818. The summed E-state index contributed by atoms with van der Waals surface area (Å²) in [5, 5.41) is 0. The molecule has 4 nitrogen and oxygen atoms in total. The summed E-state index contributed by atoms with van der Waals surface area (Å²) in [5.74, 6) is 0.504. The lowest BCUT2D eigenvalue weighted by Crippen LogP contribution is -2.41. The molecule has 1 aliphatic heterocycles. The van der Waals surface area contributed by atoms with Gasteiger partial charge >= 0.3 is 7.12 Å². The molecule has 0 spiro atoms. The molecule has 0 saturated carbocycles. The summed E-state index contributed by atoms with van der Waals surface area (Å²) in [6.07, 6.45) is 3.51. The van der Waals surface area contributed by atoms with Crippen LogP contribution < -0.4 is 5.56 Å². The summed E-state index contributed by atoms with van der Waals surface area (Å²) in [6.45, 7) is 8.04. The van der Waals surface area contributed by atoms with E-state index in [1.54, 1.807) is 6.20 Å². The summed E-state index contributed by atoms with van der Waals surface area (Å²) < 4.78 is 12.0. The van der Waals surface area contributed by atoms with E-state index in [1.165, 1.54) is 6.07 Å². The quantitative estimate of drug-likeness (QED) is 0.664. The van der Waals surface area contributed by atoms with Crippen molar-refractivity contribution in [2.24, 2.45) is 0 Å². The second-order valence-corrected chi connectivity index (χ2v) is 6.27. The van der Waals surface area contributed by atoms with Gasteiger partial charge in [-0.2, -0.15) is 12.6 Å². The van der Waals surface area contributed by atoms with Crippen molar-refractivity contribution in [1.82, 2.24) is 4.98 Å². The molecule has 108 valence electrons. The van der Waals surface area contributed by atoms with Gasteiger partial charge in [-0.3, -0.25) is 4.79 Å². The van der Waals surface area contributed by atoms with Gasteiger partial charge < -0.3 is 14.3 Å². The highest BCUT2D eigenvalue weighted by molar-refractivity contribution is 7.80. The van der Waals surface area contributed by atoms with Crippen molar-refractivity contribution in [3.63, 3.8) is 0 Å². The van der Waals surface area contributed by atoms with Crippen molar-refractivity contribution in [1.29, 1.82) is 0 Å². The van der Waals surface area contributed by atoms with Gasteiger partial charge in [-0.25, -0.2) is 0 Å². The van der Waals surface area contributed by atoms with E-state index in [1.807, 2.05) is 39.8 Å². The molecule has 1 aromatic heterocycles. The molecule has 1 saturated heterocycles. The number of thiol groups is 1. The maximum atomic E-state index is 11.3. The highest BCUT2D eigenvalue weighted by Crippen LogP contribution is 2.38. The second-order valence-electron chi connectivity index (χ2n) is 5.95. The largest absolute Gasteiger partial charge is 0.491 e. The molecule has 0 bridgehead atoms. The molecule has 2 rings (SSSR count). The van der Waals surface area contributed by atoms with E-state index in [0.29, 0.717) is 5.75 Å². The zero-order valence-corrected chi connectivity index (χ0v) is 13.2. The Labute approximate surface area is 125 Å². The van der Waals surface area contributed by atoms with Gasteiger partial charge in [0.2, 0.25) is 5.56 Å². The fourth-order valence-electron chi connectivity index (χ4n) is 1.95. The fraction of sp³-hybridized carbons (Fsp3) is 0.500. The number of rotatable bonds is 3. The van der Waals surface area contributed by atoms with Gasteiger partial charge in [-0.1, -0.05) is 6.08 Å². The third-order valence-corrected chi connectivity index (χ3v) is 4.25. The van der Waals surface area contributed by atoms with Crippen LogP contribution in [0, 0.1) is 0 Å². The summed E-state index contributed by atoms with van der Waals surface area (Å²) in [4.78, 5) is 13.9. The minimum Gasteiger partial charge on any atom is -0.400 e. The number of nitrogens with one attached hydrogen (secondary N) is 1. The normalized spacial score (nSPS) is 21.2. The Kier molecular flexibility index (Phi) is 4.18. The summed E-state index contributed by atoms with van der Waals surface area (Å²) in [6, 6.07) is 3.37. The first-order valence-electron chi connectivity index (χ1n) is 6.61. The predicted molar refractivity (Wildman–Crippen MR) is 85.0 cm³/mol. The maximum Gasteiger partial charge on any atom is 0.491 e. The van der Waals surface area contributed by atoms with Crippen molar-refractivity contribution >= 4 is 25.8 Å². The standard InChI is InChI=1S/C14H20BNO3S/c1-13(2)14(3,4)19-15(18-13)11(9-20)7-10-5-6-16-12(17)8-10/h5-8,20H,9H2,1-4H3,(H,16,17). The third kappa shape index (κ3) is 3.02. The molecular formula is C14H20BNO3S. The smallest absolute Gasteiger partial charge is 0.400 e. The first-order valence-corrected chi connectivity index (χ1v) is 7.24. The van der Waals surface area contributed by atoms with E-state index in [9.17, 15) is 4.79 Å². The zero-order chi connectivity index (χ0) is 15.0. The van der Waals surface area contributed by atoms with E-state index < -0.39 is 7.12 Å².